The number of rotatable bonds is 4. The molecule has 0 radical (unpaired) electrons. The van der Waals surface area contributed by atoms with Crippen LogP contribution in [0.2, 0.25) is 0 Å². The van der Waals surface area contributed by atoms with Crippen molar-refractivity contribution in [1.29, 1.82) is 0 Å². The summed E-state index contributed by atoms with van der Waals surface area (Å²) in [6.45, 7) is 10.2. The Bertz CT molecular complexity index is 684. The van der Waals surface area contributed by atoms with Gasteiger partial charge in [-0.1, -0.05) is 18.2 Å². The lowest BCUT2D eigenvalue weighted by Gasteiger charge is -2.12. The summed E-state index contributed by atoms with van der Waals surface area (Å²) in [5.41, 5.74) is 6.36. The van der Waals surface area contributed by atoms with Crippen LogP contribution in [0.25, 0.3) is 0 Å². The van der Waals surface area contributed by atoms with E-state index >= 15 is 0 Å². The predicted molar refractivity (Wildman–Crippen MR) is 86.4 cm³/mol. The van der Waals surface area contributed by atoms with Crippen LogP contribution in [-0.4, -0.2) is 12.4 Å². The average Bonchev–Trinajstić information content (AvgIpc) is 2.44. The van der Waals surface area contributed by atoms with Crippen LogP contribution in [0.15, 0.2) is 30.3 Å². The summed E-state index contributed by atoms with van der Waals surface area (Å²) in [5.74, 6) is 0.807. The molecule has 0 aliphatic rings. The van der Waals surface area contributed by atoms with Crippen LogP contribution in [0.5, 0.6) is 5.75 Å². The van der Waals surface area contributed by atoms with Gasteiger partial charge in [0.2, 0.25) is 0 Å². The number of benzene rings is 2. The highest BCUT2D eigenvalue weighted by atomic mass is 16.5. The quantitative estimate of drug-likeness (QED) is 0.772. The summed E-state index contributed by atoms with van der Waals surface area (Å²) in [4.78, 5) is 12.4. The van der Waals surface area contributed by atoms with Crippen LogP contribution in [0.1, 0.15) is 38.2 Å². The van der Waals surface area contributed by atoms with E-state index in [4.69, 9.17) is 4.74 Å². The number of hydrogen-bond acceptors (Lipinski definition) is 2. The van der Waals surface area contributed by atoms with E-state index in [2.05, 4.69) is 13.0 Å². The minimum absolute atomic E-state index is 0.0245. The first-order valence-electron chi connectivity index (χ1n) is 7.20. The molecule has 0 fully saturated rings. The van der Waals surface area contributed by atoms with Gasteiger partial charge >= 0.3 is 0 Å². The summed E-state index contributed by atoms with van der Waals surface area (Å²) in [7, 11) is 0. The van der Waals surface area contributed by atoms with E-state index < -0.39 is 0 Å². The molecule has 0 heterocycles. The second-order valence-corrected chi connectivity index (χ2v) is 5.66. The second-order valence-electron chi connectivity index (χ2n) is 5.66. The molecule has 0 aliphatic heterocycles. The van der Waals surface area contributed by atoms with Crippen molar-refractivity contribution in [3.8, 4) is 5.75 Å². The van der Waals surface area contributed by atoms with Gasteiger partial charge in [0, 0.05) is 5.56 Å². The molecule has 0 N–H and O–H groups in total. The third-order valence-corrected chi connectivity index (χ3v) is 4.05. The molecule has 0 saturated carbocycles. The first-order valence-corrected chi connectivity index (χ1v) is 7.20. The van der Waals surface area contributed by atoms with Crippen LogP contribution < -0.4 is 4.74 Å². The Morgan fingerprint density at radius 2 is 1.57 bits per heavy atom. The van der Waals surface area contributed by atoms with Gasteiger partial charge in [-0.05, 0) is 74.6 Å². The third-order valence-electron chi connectivity index (χ3n) is 4.05. The normalized spacial score (nSPS) is 10.5. The standard InChI is InChI=1S/C19H22O2/c1-12-7-6-8-19(16(12)5)21-11-18(20)17-10-14(3)13(2)9-15(17)4/h6-10H,11H2,1-5H3. The number of Topliss-reactive ketones (excluding diaryl/α,β-unsaturated/α-hetero) is 1. The van der Waals surface area contributed by atoms with Crippen molar-refractivity contribution in [3.05, 3.63) is 63.7 Å². The van der Waals surface area contributed by atoms with Crippen LogP contribution in [0, 0.1) is 34.6 Å². The number of carbonyl (C=O) groups excluding carboxylic acids is 1. The Morgan fingerprint density at radius 1 is 0.905 bits per heavy atom. The molecule has 2 nitrogen and oxygen atoms in total. The van der Waals surface area contributed by atoms with Gasteiger partial charge in [-0.2, -0.15) is 0 Å². The van der Waals surface area contributed by atoms with Gasteiger partial charge < -0.3 is 4.74 Å². The molecule has 21 heavy (non-hydrogen) atoms. The van der Waals surface area contributed by atoms with Crippen LogP contribution in [-0.2, 0) is 0 Å². The number of carbonyl (C=O) groups is 1. The monoisotopic (exact) mass is 282 g/mol. The number of ketones is 1. The van der Waals surface area contributed by atoms with E-state index in [0.29, 0.717) is 0 Å². The molecule has 0 unspecified atom stereocenters. The molecule has 2 aromatic carbocycles. The average molecular weight is 282 g/mol. The van der Waals surface area contributed by atoms with Crippen molar-refractivity contribution in [3.63, 3.8) is 0 Å². The Balaban J connectivity index is 2.16. The van der Waals surface area contributed by atoms with E-state index in [0.717, 1.165) is 28.0 Å². The van der Waals surface area contributed by atoms with Gasteiger partial charge in [-0.15, -0.1) is 0 Å². The summed E-state index contributed by atoms with van der Waals surface area (Å²) >= 11 is 0. The Kier molecular flexibility index (Phi) is 4.46. The summed E-state index contributed by atoms with van der Waals surface area (Å²) in [6.07, 6.45) is 0. The molecule has 2 rings (SSSR count). The zero-order valence-corrected chi connectivity index (χ0v) is 13.4. The fourth-order valence-corrected chi connectivity index (χ4v) is 2.36. The van der Waals surface area contributed by atoms with Gasteiger partial charge in [-0.3, -0.25) is 4.79 Å². The summed E-state index contributed by atoms with van der Waals surface area (Å²) in [5, 5.41) is 0. The molecule has 0 aliphatic carbocycles. The smallest absolute Gasteiger partial charge is 0.200 e. The van der Waals surface area contributed by atoms with Crippen LogP contribution in [0.4, 0.5) is 0 Å². The van der Waals surface area contributed by atoms with Gasteiger partial charge in [0.1, 0.15) is 5.75 Å². The Hall–Kier alpha value is -2.09. The first-order chi connectivity index (χ1) is 9.90. The topological polar surface area (TPSA) is 26.3 Å². The first kappa shape index (κ1) is 15.3. The summed E-state index contributed by atoms with van der Waals surface area (Å²) in [6, 6.07) is 9.91. The van der Waals surface area contributed by atoms with Gasteiger partial charge in [0.05, 0.1) is 0 Å². The summed E-state index contributed by atoms with van der Waals surface area (Å²) < 4.78 is 5.71. The third kappa shape index (κ3) is 3.33. The maximum Gasteiger partial charge on any atom is 0.200 e. The molecule has 0 amide bonds. The molecule has 0 spiro atoms. The molecule has 0 saturated heterocycles. The maximum atomic E-state index is 12.4. The molecular formula is C19H22O2. The molecule has 110 valence electrons. The number of ether oxygens (including phenoxy) is 1. The lowest BCUT2D eigenvalue weighted by molar-refractivity contribution is 0.0920. The van der Waals surface area contributed by atoms with E-state index in [9.17, 15) is 4.79 Å². The fraction of sp³-hybridized carbons (Fsp3) is 0.316. The lowest BCUT2D eigenvalue weighted by atomic mass is 9.98. The largest absolute Gasteiger partial charge is 0.485 e. The van der Waals surface area contributed by atoms with Crippen molar-refractivity contribution in [2.24, 2.45) is 0 Å². The second kappa shape index (κ2) is 6.13. The van der Waals surface area contributed by atoms with Crippen molar-refractivity contribution in [1.82, 2.24) is 0 Å². The number of aryl methyl sites for hydroxylation is 4. The van der Waals surface area contributed by atoms with Crippen molar-refractivity contribution < 1.29 is 9.53 Å². The highest BCUT2D eigenvalue weighted by molar-refractivity contribution is 5.98. The van der Waals surface area contributed by atoms with Gasteiger partial charge in [-0.25, -0.2) is 0 Å². The van der Waals surface area contributed by atoms with Crippen molar-refractivity contribution in [2.45, 2.75) is 34.6 Å². The Morgan fingerprint density at radius 3 is 2.29 bits per heavy atom. The SMILES string of the molecule is Cc1cc(C)c(C(=O)COc2cccc(C)c2C)cc1C. The van der Waals surface area contributed by atoms with Gasteiger partial charge in [0.25, 0.3) is 0 Å². The van der Waals surface area contributed by atoms with Crippen LogP contribution in [0.3, 0.4) is 0 Å². The minimum atomic E-state index is 0.0245. The molecule has 2 heteroatoms. The molecule has 0 atom stereocenters. The Labute approximate surface area is 126 Å². The predicted octanol–water partition coefficient (Wildman–Crippen LogP) is 4.49. The molecule has 2 aromatic rings. The zero-order valence-electron chi connectivity index (χ0n) is 13.4. The maximum absolute atomic E-state index is 12.4. The minimum Gasteiger partial charge on any atom is -0.485 e. The van der Waals surface area contributed by atoms with Crippen molar-refractivity contribution >= 4 is 5.78 Å². The van der Waals surface area contributed by atoms with Crippen molar-refractivity contribution in [2.75, 3.05) is 6.61 Å². The molecule has 0 bridgehead atoms. The van der Waals surface area contributed by atoms with Gasteiger partial charge in [0.15, 0.2) is 12.4 Å². The van der Waals surface area contributed by atoms with E-state index in [-0.39, 0.29) is 12.4 Å². The number of hydrogen-bond donors (Lipinski definition) is 0. The van der Waals surface area contributed by atoms with E-state index in [1.807, 2.05) is 52.0 Å². The van der Waals surface area contributed by atoms with E-state index in [1.54, 1.807) is 0 Å². The fourth-order valence-electron chi connectivity index (χ4n) is 2.36. The molecular weight excluding hydrogens is 260 g/mol. The van der Waals surface area contributed by atoms with Crippen LogP contribution >= 0.6 is 0 Å². The lowest BCUT2D eigenvalue weighted by Crippen LogP contribution is -2.14. The highest BCUT2D eigenvalue weighted by Gasteiger charge is 2.12. The molecule has 0 aromatic heterocycles. The zero-order chi connectivity index (χ0) is 15.6. The van der Waals surface area contributed by atoms with E-state index in [1.165, 1.54) is 11.1 Å². The highest BCUT2D eigenvalue weighted by Crippen LogP contribution is 2.21.